The molecule has 1 N–H and O–H groups in total. The van der Waals surface area contributed by atoms with Crippen molar-refractivity contribution in [3.05, 3.63) is 84.4 Å². The molecule has 4 nitrogen and oxygen atoms in total. The van der Waals surface area contributed by atoms with E-state index in [4.69, 9.17) is 17.0 Å². The van der Waals surface area contributed by atoms with E-state index in [1.165, 1.54) is 19.3 Å². The first-order valence-electron chi connectivity index (χ1n) is 11.1. The first-order valence-corrected chi connectivity index (χ1v) is 11.5. The number of rotatable bonds is 9. The molecule has 164 valence electrons. The van der Waals surface area contributed by atoms with Gasteiger partial charge in [-0.1, -0.05) is 105 Å². The van der Waals surface area contributed by atoms with Crippen LogP contribution in [-0.2, 0) is 17.8 Å². The molecule has 5 heteroatoms. The maximum absolute atomic E-state index is 13.1. The van der Waals surface area contributed by atoms with Gasteiger partial charge in [0.25, 0.3) is 0 Å². The lowest BCUT2D eigenvalue weighted by atomic mass is 9.83. The Morgan fingerprint density at radius 2 is 1.68 bits per heavy atom. The summed E-state index contributed by atoms with van der Waals surface area (Å²) in [5.74, 6) is 0.324. The van der Waals surface area contributed by atoms with Gasteiger partial charge in [-0.3, -0.25) is 4.90 Å². The third kappa shape index (κ3) is 6.93. The molecule has 2 aromatic carbocycles. The van der Waals surface area contributed by atoms with Crippen molar-refractivity contribution < 1.29 is 9.53 Å². The summed E-state index contributed by atoms with van der Waals surface area (Å²) in [5, 5.41) is 3.44. The minimum absolute atomic E-state index is 0.186. The molecule has 0 aromatic heterocycles. The predicted molar refractivity (Wildman–Crippen MR) is 130 cm³/mol. The van der Waals surface area contributed by atoms with E-state index in [-0.39, 0.29) is 18.7 Å². The average Bonchev–Trinajstić information content (AvgIpc) is 2.83. The van der Waals surface area contributed by atoms with Crippen molar-refractivity contribution in [2.45, 2.75) is 51.2 Å². The zero-order valence-electron chi connectivity index (χ0n) is 18.0. The largest absolute Gasteiger partial charge is 0.445 e. The second-order valence-electron chi connectivity index (χ2n) is 8.03. The van der Waals surface area contributed by atoms with Gasteiger partial charge in [-0.25, -0.2) is 4.79 Å². The van der Waals surface area contributed by atoms with E-state index in [2.05, 4.69) is 24.0 Å². The molecule has 0 heterocycles. The van der Waals surface area contributed by atoms with Gasteiger partial charge in [-0.05, 0) is 29.9 Å². The third-order valence-electron chi connectivity index (χ3n) is 5.77. The Kier molecular flexibility index (Phi) is 9.10. The fourth-order valence-corrected chi connectivity index (χ4v) is 4.61. The van der Waals surface area contributed by atoms with Gasteiger partial charge in [0.2, 0.25) is 0 Å². The molecule has 0 spiro atoms. The number of ether oxygens (including phenoxy) is 1. The van der Waals surface area contributed by atoms with Crippen LogP contribution >= 0.6 is 12.2 Å². The van der Waals surface area contributed by atoms with Crippen molar-refractivity contribution in [1.29, 1.82) is 0 Å². The number of nitrogens with zero attached hydrogens (tertiary/aromatic N) is 1. The molecule has 31 heavy (non-hydrogen) atoms. The monoisotopic (exact) mass is 436 g/mol. The summed E-state index contributed by atoms with van der Waals surface area (Å²) in [4.78, 5) is 15.7. The first-order chi connectivity index (χ1) is 15.2. The number of thiocarbonyl (C=S) groups is 1. The molecule has 1 unspecified atom stereocenters. The second-order valence-corrected chi connectivity index (χ2v) is 8.47. The number of hydrogen-bond acceptors (Lipinski definition) is 3. The number of carbonyl (C=O) groups excluding carboxylic acids is 1. The molecule has 1 amide bonds. The summed E-state index contributed by atoms with van der Waals surface area (Å²) in [5.41, 5.74) is 2.22. The molecule has 1 aliphatic rings. The van der Waals surface area contributed by atoms with Gasteiger partial charge >= 0.3 is 6.09 Å². The Balaban J connectivity index is 1.84. The van der Waals surface area contributed by atoms with Gasteiger partial charge in [0.1, 0.15) is 6.61 Å². The van der Waals surface area contributed by atoms with Gasteiger partial charge in [0, 0.05) is 13.1 Å². The third-order valence-corrected chi connectivity index (χ3v) is 6.15. The number of carbonyl (C=O) groups is 1. The molecular formula is C26H32N2O2S. The summed E-state index contributed by atoms with van der Waals surface area (Å²) < 4.78 is 5.49. The highest BCUT2D eigenvalue weighted by Gasteiger charge is 2.35. The van der Waals surface area contributed by atoms with Crippen LogP contribution in [0.4, 0.5) is 4.79 Å². The van der Waals surface area contributed by atoms with Gasteiger partial charge in [-0.2, -0.15) is 0 Å². The van der Waals surface area contributed by atoms with Crippen LogP contribution in [0.25, 0.3) is 0 Å². The zero-order valence-corrected chi connectivity index (χ0v) is 18.9. The first kappa shape index (κ1) is 23.0. The van der Waals surface area contributed by atoms with E-state index < -0.39 is 0 Å². The fraction of sp³-hybridized carbons (Fsp3) is 0.385. The molecule has 1 saturated carbocycles. The summed E-state index contributed by atoms with van der Waals surface area (Å²) in [6.07, 6.45) is 6.97. The van der Waals surface area contributed by atoms with Crippen molar-refractivity contribution in [2.24, 2.45) is 5.92 Å². The molecule has 1 atom stereocenters. The van der Waals surface area contributed by atoms with E-state index in [0.717, 1.165) is 24.0 Å². The highest BCUT2D eigenvalue weighted by atomic mass is 32.1. The van der Waals surface area contributed by atoms with Gasteiger partial charge in [-0.15, -0.1) is 0 Å². The quantitative estimate of drug-likeness (QED) is 0.394. The molecular weight excluding hydrogens is 404 g/mol. The van der Waals surface area contributed by atoms with Gasteiger partial charge in [0.05, 0.1) is 11.0 Å². The average molecular weight is 437 g/mol. The molecule has 0 aliphatic heterocycles. The maximum Gasteiger partial charge on any atom is 0.410 e. The van der Waals surface area contributed by atoms with Crippen LogP contribution < -0.4 is 5.32 Å². The Labute approximate surface area is 191 Å². The van der Waals surface area contributed by atoms with E-state index in [9.17, 15) is 4.79 Å². The van der Waals surface area contributed by atoms with E-state index in [1.807, 2.05) is 53.4 Å². The van der Waals surface area contributed by atoms with Crippen LogP contribution in [0, 0.1) is 5.92 Å². The highest BCUT2D eigenvalue weighted by Crippen LogP contribution is 2.31. The van der Waals surface area contributed by atoms with Crippen molar-refractivity contribution in [3.8, 4) is 0 Å². The topological polar surface area (TPSA) is 41.6 Å². The Bertz CT molecular complexity index is 835. The normalized spacial score (nSPS) is 15.0. The second kappa shape index (κ2) is 12.3. The smallest absolute Gasteiger partial charge is 0.410 e. The lowest BCUT2D eigenvalue weighted by Crippen LogP contribution is -2.52. The van der Waals surface area contributed by atoms with Crippen molar-refractivity contribution in [1.82, 2.24) is 10.2 Å². The minimum Gasteiger partial charge on any atom is -0.445 e. The lowest BCUT2D eigenvalue weighted by Gasteiger charge is -2.38. The number of nitrogens with one attached hydrogen (secondary N) is 1. The van der Waals surface area contributed by atoms with Gasteiger partial charge in [0.15, 0.2) is 0 Å². The molecule has 1 aliphatic carbocycles. The standard InChI is InChI=1S/C26H32N2O2S/c1-2-18-30-26(29)28(20-22-14-8-4-9-15-22)24(23-16-10-5-11-17-23)25(31)27-19-21-12-6-3-7-13-21/h2-4,6-9,12-15,23-24H,1,5,10-11,16-20H2,(H,27,31). The van der Waals surface area contributed by atoms with E-state index in [0.29, 0.717) is 24.0 Å². The van der Waals surface area contributed by atoms with Crippen molar-refractivity contribution in [2.75, 3.05) is 6.61 Å². The zero-order chi connectivity index (χ0) is 21.9. The number of amides is 1. The van der Waals surface area contributed by atoms with Crippen LogP contribution in [0.5, 0.6) is 0 Å². The molecule has 0 bridgehead atoms. The van der Waals surface area contributed by atoms with Crippen LogP contribution in [-0.4, -0.2) is 28.6 Å². The van der Waals surface area contributed by atoms with Crippen LogP contribution in [0.3, 0.4) is 0 Å². The minimum atomic E-state index is -0.344. The summed E-state index contributed by atoms with van der Waals surface area (Å²) in [7, 11) is 0. The number of hydrogen-bond donors (Lipinski definition) is 1. The van der Waals surface area contributed by atoms with Crippen molar-refractivity contribution >= 4 is 23.3 Å². The van der Waals surface area contributed by atoms with E-state index >= 15 is 0 Å². The molecule has 2 aromatic rings. The summed E-state index contributed by atoms with van der Waals surface area (Å²) in [6.45, 7) is 4.97. The van der Waals surface area contributed by atoms with Crippen LogP contribution in [0.2, 0.25) is 0 Å². The molecule has 0 radical (unpaired) electrons. The maximum atomic E-state index is 13.1. The fourth-order valence-electron chi connectivity index (χ4n) is 4.22. The van der Waals surface area contributed by atoms with Crippen LogP contribution in [0.1, 0.15) is 43.2 Å². The SMILES string of the molecule is C=CCOC(=O)N(Cc1ccccc1)C(C(=S)NCc1ccccc1)C1CCCCC1. The molecule has 0 saturated heterocycles. The Morgan fingerprint density at radius 3 is 2.29 bits per heavy atom. The van der Waals surface area contributed by atoms with Crippen LogP contribution in [0.15, 0.2) is 73.3 Å². The summed E-state index contributed by atoms with van der Waals surface area (Å²) in [6, 6.07) is 20.0. The lowest BCUT2D eigenvalue weighted by molar-refractivity contribution is 0.0855. The number of benzene rings is 2. The Morgan fingerprint density at radius 1 is 1.06 bits per heavy atom. The Hall–Kier alpha value is -2.66. The van der Waals surface area contributed by atoms with Crippen molar-refractivity contribution in [3.63, 3.8) is 0 Å². The van der Waals surface area contributed by atoms with E-state index in [1.54, 1.807) is 6.08 Å². The predicted octanol–water partition coefficient (Wildman–Crippen LogP) is 5.88. The molecule has 1 fully saturated rings. The summed E-state index contributed by atoms with van der Waals surface area (Å²) >= 11 is 5.90. The molecule has 3 rings (SSSR count). The van der Waals surface area contributed by atoms with Gasteiger partial charge < -0.3 is 10.1 Å². The highest BCUT2D eigenvalue weighted by molar-refractivity contribution is 7.80.